The molecule has 1 N–H and O–H groups in total. The minimum Gasteiger partial charge on any atom is -0.495 e. The second-order valence-corrected chi connectivity index (χ2v) is 5.30. The lowest BCUT2D eigenvalue weighted by atomic mass is 10.2. The molecule has 1 saturated heterocycles. The third kappa shape index (κ3) is 2.85. The van der Waals surface area contributed by atoms with Crippen LogP contribution in [-0.4, -0.2) is 43.3 Å². The van der Waals surface area contributed by atoms with E-state index in [0.29, 0.717) is 4.64 Å². The van der Waals surface area contributed by atoms with Gasteiger partial charge in [0.25, 0.3) is 0 Å². The minimum absolute atomic E-state index is 0.697. The summed E-state index contributed by atoms with van der Waals surface area (Å²) in [4.78, 5) is 12.0. The van der Waals surface area contributed by atoms with Crippen LogP contribution in [0.5, 0.6) is 5.75 Å². The maximum atomic E-state index is 5.44. The molecule has 2 aromatic rings. The van der Waals surface area contributed by atoms with Crippen LogP contribution < -0.4 is 14.5 Å². The van der Waals surface area contributed by atoms with Gasteiger partial charge in [0.1, 0.15) is 10.4 Å². The number of aromatic amines is 1. The lowest BCUT2D eigenvalue weighted by Crippen LogP contribution is -2.47. The standard InChI is InChI=1S/C15H18N4OS/c1-20-13-5-3-2-4-12(13)18-8-10-19(11-9-18)14-15(21)17-7-6-16-14/h2-7H,8-11H2,1H3,(H,17,21). The van der Waals surface area contributed by atoms with Crippen molar-refractivity contribution >= 4 is 23.7 Å². The maximum absolute atomic E-state index is 5.44. The average molecular weight is 302 g/mol. The molecule has 1 aromatic heterocycles. The number of rotatable bonds is 3. The largest absolute Gasteiger partial charge is 0.495 e. The number of para-hydroxylation sites is 2. The second-order valence-electron chi connectivity index (χ2n) is 4.89. The highest BCUT2D eigenvalue weighted by Gasteiger charge is 2.20. The molecule has 6 heteroatoms. The topological polar surface area (TPSA) is 44.4 Å². The first-order chi connectivity index (χ1) is 10.3. The van der Waals surface area contributed by atoms with E-state index in [1.807, 2.05) is 18.2 Å². The molecule has 1 aliphatic rings. The molecule has 0 amide bonds. The number of H-pyrrole nitrogens is 1. The lowest BCUT2D eigenvalue weighted by Gasteiger charge is -2.37. The molecular weight excluding hydrogens is 284 g/mol. The number of nitrogens with one attached hydrogen (secondary N) is 1. The van der Waals surface area contributed by atoms with Gasteiger partial charge in [-0.15, -0.1) is 0 Å². The molecule has 0 atom stereocenters. The van der Waals surface area contributed by atoms with E-state index in [2.05, 4.69) is 25.8 Å². The van der Waals surface area contributed by atoms with Gasteiger partial charge in [-0.2, -0.15) is 0 Å². The molecule has 0 radical (unpaired) electrons. The first-order valence-electron chi connectivity index (χ1n) is 6.96. The van der Waals surface area contributed by atoms with Gasteiger partial charge < -0.3 is 19.5 Å². The van der Waals surface area contributed by atoms with Crippen molar-refractivity contribution in [3.05, 3.63) is 41.3 Å². The highest BCUT2D eigenvalue weighted by molar-refractivity contribution is 7.71. The van der Waals surface area contributed by atoms with E-state index in [1.54, 1.807) is 19.5 Å². The monoisotopic (exact) mass is 302 g/mol. The first-order valence-corrected chi connectivity index (χ1v) is 7.37. The van der Waals surface area contributed by atoms with Crippen molar-refractivity contribution in [2.75, 3.05) is 43.1 Å². The average Bonchev–Trinajstić information content (AvgIpc) is 2.55. The fourth-order valence-corrected chi connectivity index (χ4v) is 2.87. The first kappa shape index (κ1) is 13.9. The summed E-state index contributed by atoms with van der Waals surface area (Å²) in [6.07, 6.45) is 3.51. The number of anilines is 2. The molecule has 0 saturated carbocycles. The Morgan fingerprint density at radius 1 is 1.14 bits per heavy atom. The van der Waals surface area contributed by atoms with Gasteiger partial charge in [0.2, 0.25) is 0 Å². The normalized spacial score (nSPS) is 15.1. The molecule has 1 aromatic carbocycles. The summed E-state index contributed by atoms with van der Waals surface area (Å²) >= 11 is 5.30. The van der Waals surface area contributed by atoms with Gasteiger partial charge in [0, 0.05) is 38.6 Å². The number of methoxy groups -OCH3 is 1. The van der Waals surface area contributed by atoms with Crippen molar-refractivity contribution in [1.82, 2.24) is 9.97 Å². The van der Waals surface area contributed by atoms with Crippen LogP contribution >= 0.6 is 12.2 Å². The summed E-state index contributed by atoms with van der Waals surface area (Å²) in [5, 5.41) is 0. The molecular formula is C15H18N4OS. The number of ether oxygens (including phenoxy) is 1. The van der Waals surface area contributed by atoms with Gasteiger partial charge in [-0.1, -0.05) is 24.4 Å². The molecule has 1 aliphatic heterocycles. The Morgan fingerprint density at radius 2 is 1.86 bits per heavy atom. The Bertz CT molecular complexity index is 664. The van der Waals surface area contributed by atoms with Gasteiger partial charge in [0.15, 0.2) is 5.82 Å². The zero-order valence-corrected chi connectivity index (χ0v) is 12.8. The van der Waals surface area contributed by atoms with Gasteiger partial charge in [-0.05, 0) is 12.1 Å². The van der Waals surface area contributed by atoms with Crippen molar-refractivity contribution in [1.29, 1.82) is 0 Å². The van der Waals surface area contributed by atoms with Crippen LogP contribution in [0, 0.1) is 4.64 Å². The molecule has 0 aliphatic carbocycles. The molecule has 5 nitrogen and oxygen atoms in total. The summed E-state index contributed by atoms with van der Waals surface area (Å²) in [6, 6.07) is 8.13. The zero-order valence-electron chi connectivity index (χ0n) is 12.0. The molecule has 21 heavy (non-hydrogen) atoms. The molecule has 1 fully saturated rings. The lowest BCUT2D eigenvalue weighted by molar-refractivity contribution is 0.413. The highest BCUT2D eigenvalue weighted by atomic mass is 32.1. The fraction of sp³-hybridized carbons (Fsp3) is 0.333. The van der Waals surface area contributed by atoms with Crippen LogP contribution in [0.25, 0.3) is 0 Å². The number of aromatic nitrogens is 2. The smallest absolute Gasteiger partial charge is 0.163 e. The number of piperazine rings is 1. The third-order valence-corrected chi connectivity index (χ3v) is 3.99. The molecule has 0 spiro atoms. The Balaban J connectivity index is 1.74. The van der Waals surface area contributed by atoms with E-state index in [4.69, 9.17) is 17.0 Å². The Hall–Kier alpha value is -2.08. The van der Waals surface area contributed by atoms with Crippen molar-refractivity contribution in [3.8, 4) is 5.75 Å². The zero-order chi connectivity index (χ0) is 14.7. The quantitative estimate of drug-likeness (QED) is 0.883. The van der Waals surface area contributed by atoms with Crippen LogP contribution in [0.1, 0.15) is 0 Å². The van der Waals surface area contributed by atoms with E-state index in [1.165, 1.54) is 0 Å². The van der Waals surface area contributed by atoms with Crippen LogP contribution in [0.3, 0.4) is 0 Å². The van der Waals surface area contributed by atoms with Crippen LogP contribution in [0.2, 0.25) is 0 Å². The van der Waals surface area contributed by atoms with Crippen molar-refractivity contribution in [3.63, 3.8) is 0 Å². The molecule has 0 bridgehead atoms. The Kier molecular flexibility index (Phi) is 4.06. The third-order valence-electron chi connectivity index (χ3n) is 3.69. The fourth-order valence-electron chi connectivity index (χ4n) is 2.62. The Labute approximate surface area is 129 Å². The van der Waals surface area contributed by atoms with Gasteiger partial charge >= 0.3 is 0 Å². The van der Waals surface area contributed by atoms with Crippen LogP contribution in [0.4, 0.5) is 11.5 Å². The van der Waals surface area contributed by atoms with Crippen molar-refractivity contribution in [2.45, 2.75) is 0 Å². The second kappa shape index (κ2) is 6.13. The van der Waals surface area contributed by atoms with Crippen LogP contribution in [-0.2, 0) is 0 Å². The summed E-state index contributed by atoms with van der Waals surface area (Å²) in [7, 11) is 1.71. The SMILES string of the molecule is COc1ccccc1N1CCN(c2ncc[nH]c2=S)CC1. The maximum Gasteiger partial charge on any atom is 0.163 e. The number of hydrogen-bond donors (Lipinski definition) is 1. The van der Waals surface area contributed by atoms with Crippen molar-refractivity contribution < 1.29 is 4.74 Å². The van der Waals surface area contributed by atoms with E-state index in [9.17, 15) is 0 Å². The van der Waals surface area contributed by atoms with E-state index >= 15 is 0 Å². The van der Waals surface area contributed by atoms with E-state index < -0.39 is 0 Å². The molecule has 0 unspecified atom stereocenters. The number of hydrogen-bond acceptors (Lipinski definition) is 5. The molecule has 110 valence electrons. The van der Waals surface area contributed by atoms with Crippen molar-refractivity contribution in [2.24, 2.45) is 0 Å². The number of nitrogens with zero attached hydrogens (tertiary/aromatic N) is 3. The summed E-state index contributed by atoms with van der Waals surface area (Å²) in [6.45, 7) is 3.64. The van der Waals surface area contributed by atoms with Gasteiger partial charge in [-0.25, -0.2) is 4.98 Å². The summed E-state index contributed by atoms with van der Waals surface area (Å²) in [5.74, 6) is 1.79. The minimum atomic E-state index is 0.697. The Morgan fingerprint density at radius 3 is 2.57 bits per heavy atom. The van der Waals surface area contributed by atoms with Crippen LogP contribution in [0.15, 0.2) is 36.7 Å². The highest BCUT2D eigenvalue weighted by Crippen LogP contribution is 2.28. The predicted molar refractivity (Wildman–Crippen MR) is 86.8 cm³/mol. The van der Waals surface area contributed by atoms with E-state index in [0.717, 1.165) is 43.4 Å². The van der Waals surface area contributed by atoms with Gasteiger partial charge in [-0.3, -0.25) is 0 Å². The van der Waals surface area contributed by atoms with Gasteiger partial charge in [0.05, 0.1) is 12.8 Å². The number of benzene rings is 1. The van der Waals surface area contributed by atoms with E-state index in [-0.39, 0.29) is 0 Å². The summed E-state index contributed by atoms with van der Waals surface area (Å²) in [5.41, 5.74) is 1.14. The molecule has 2 heterocycles. The summed E-state index contributed by atoms with van der Waals surface area (Å²) < 4.78 is 6.14. The molecule has 3 rings (SSSR count). The predicted octanol–water partition coefficient (Wildman–Crippen LogP) is 2.47.